The van der Waals surface area contributed by atoms with Crippen LogP contribution in [0.25, 0.3) is 0 Å². The molecule has 1 aromatic rings. The van der Waals surface area contributed by atoms with Gasteiger partial charge in [-0.15, -0.1) is 0 Å². The van der Waals surface area contributed by atoms with E-state index in [9.17, 15) is 4.79 Å². The van der Waals surface area contributed by atoms with Gasteiger partial charge in [-0.2, -0.15) is 0 Å². The van der Waals surface area contributed by atoms with Gasteiger partial charge in [-0.25, -0.2) is 9.78 Å². The molecular formula is C16H25N3O2. The van der Waals surface area contributed by atoms with Crippen molar-refractivity contribution in [2.75, 3.05) is 18.8 Å². The average Bonchev–Trinajstić information content (AvgIpc) is 2.40. The van der Waals surface area contributed by atoms with E-state index in [1.165, 1.54) is 0 Å². The number of pyridine rings is 1. The first kappa shape index (κ1) is 15.6. The van der Waals surface area contributed by atoms with Crippen molar-refractivity contribution in [1.29, 1.82) is 0 Å². The van der Waals surface area contributed by atoms with Crippen molar-refractivity contribution in [1.82, 2.24) is 9.88 Å². The van der Waals surface area contributed by atoms with Crippen LogP contribution in [-0.4, -0.2) is 34.7 Å². The van der Waals surface area contributed by atoms with Gasteiger partial charge in [-0.05, 0) is 57.6 Å². The molecule has 1 aliphatic heterocycles. The topological polar surface area (TPSA) is 68.5 Å². The van der Waals surface area contributed by atoms with Gasteiger partial charge < -0.3 is 15.4 Å². The lowest BCUT2D eigenvalue weighted by atomic mass is 9.90. The van der Waals surface area contributed by atoms with E-state index in [0.717, 1.165) is 37.9 Å². The van der Waals surface area contributed by atoms with Crippen molar-refractivity contribution in [2.45, 2.75) is 45.6 Å². The van der Waals surface area contributed by atoms with E-state index in [-0.39, 0.29) is 6.09 Å². The number of hydrogen-bond donors (Lipinski definition) is 1. The molecule has 116 valence electrons. The number of likely N-dealkylation sites (tertiary alicyclic amines) is 1. The van der Waals surface area contributed by atoms with Crippen LogP contribution < -0.4 is 5.73 Å². The lowest BCUT2D eigenvalue weighted by Gasteiger charge is -2.33. The van der Waals surface area contributed by atoms with Crippen LogP contribution in [0.3, 0.4) is 0 Å². The van der Waals surface area contributed by atoms with Crippen LogP contribution in [0.1, 0.15) is 39.2 Å². The Bertz CT molecular complexity index is 489. The SMILES string of the molecule is CC(C)(C)OC(=O)N1CCC(Cc2cccnc2N)CC1. The summed E-state index contributed by atoms with van der Waals surface area (Å²) < 4.78 is 5.41. The third-order valence-corrected chi connectivity index (χ3v) is 3.70. The van der Waals surface area contributed by atoms with E-state index in [2.05, 4.69) is 4.98 Å². The van der Waals surface area contributed by atoms with Crippen LogP contribution >= 0.6 is 0 Å². The van der Waals surface area contributed by atoms with E-state index in [4.69, 9.17) is 10.5 Å². The molecule has 1 aliphatic rings. The quantitative estimate of drug-likeness (QED) is 0.909. The summed E-state index contributed by atoms with van der Waals surface area (Å²) in [6.45, 7) is 7.17. The molecule has 0 aliphatic carbocycles. The maximum Gasteiger partial charge on any atom is 0.410 e. The number of carbonyl (C=O) groups is 1. The highest BCUT2D eigenvalue weighted by molar-refractivity contribution is 5.68. The smallest absolute Gasteiger partial charge is 0.410 e. The lowest BCUT2D eigenvalue weighted by Crippen LogP contribution is -2.42. The summed E-state index contributed by atoms with van der Waals surface area (Å²) in [4.78, 5) is 17.9. The first-order valence-corrected chi connectivity index (χ1v) is 7.52. The van der Waals surface area contributed by atoms with E-state index in [1.807, 2.05) is 32.9 Å². The largest absolute Gasteiger partial charge is 0.444 e. The predicted molar refractivity (Wildman–Crippen MR) is 82.9 cm³/mol. The maximum absolute atomic E-state index is 12.0. The van der Waals surface area contributed by atoms with Crippen molar-refractivity contribution >= 4 is 11.9 Å². The fraction of sp³-hybridized carbons (Fsp3) is 0.625. The van der Waals surface area contributed by atoms with Crippen molar-refractivity contribution in [2.24, 2.45) is 5.92 Å². The number of anilines is 1. The van der Waals surface area contributed by atoms with Gasteiger partial charge in [-0.3, -0.25) is 0 Å². The second-order valence-corrected chi connectivity index (χ2v) is 6.66. The molecule has 2 N–H and O–H groups in total. The molecule has 0 aromatic carbocycles. The van der Waals surface area contributed by atoms with Crippen molar-refractivity contribution in [3.8, 4) is 0 Å². The lowest BCUT2D eigenvalue weighted by molar-refractivity contribution is 0.0184. The molecular weight excluding hydrogens is 266 g/mol. The Morgan fingerprint density at radius 3 is 2.67 bits per heavy atom. The number of aromatic nitrogens is 1. The minimum atomic E-state index is -0.432. The molecule has 2 rings (SSSR count). The van der Waals surface area contributed by atoms with Crippen molar-refractivity contribution in [3.05, 3.63) is 23.9 Å². The minimum absolute atomic E-state index is 0.207. The molecule has 21 heavy (non-hydrogen) atoms. The van der Waals surface area contributed by atoms with Crippen LogP contribution in [0.15, 0.2) is 18.3 Å². The van der Waals surface area contributed by atoms with E-state index in [1.54, 1.807) is 11.1 Å². The number of amides is 1. The molecule has 0 radical (unpaired) electrons. The molecule has 1 aromatic heterocycles. The molecule has 0 unspecified atom stereocenters. The minimum Gasteiger partial charge on any atom is -0.444 e. The molecule has 1 saturated heterocycles. The second kappa shape index (κ2) is 6.33. The monoisotopic (exact) mass is 291 g/mol. The summed E-state index contributed by atoms with van der Waals surface area (Å²) in [7, 11) is 0. The Hall–Kier alpha value is -1.78. The number of carbonyl (C=O) groups excluding carboxylic acids is 1. The number of ether oxygens (including phenoxy) is 1. The predicted octanol–water partition coefficient (Wildman–Crippen LogP) is 2.85. The van der Waals surface area contributed by atoms with Crippen LogP contribution in [-0.2, 0) is 11.2 Å². The first-order valence-electron chi connectivity index (χ1n) is 7.52. The summed E-state index contributed by atoms with van der Waals surface area (Å²) in [6.07, 6.45) is 4.40. The summed E-state index contributed by atoms with van der Waals surface area (Å²) in [5, 5.41) is 0. The molecule has 0 bridgehead atoms. The van der Waals surface area contributed by atoms with Crippen molar-refractivity contribution in [3.63, 3.8) is 0 Å². The van der Waals surface area contributed by atoms with Gasteiger partial charge in [0.25, 0.3) is 0 Å². The van der Waals surface area contributed by atoms with E-state index < -0.39 is 5.60 Å². The number of nitrogen functional groups attached to an aromatic ring is 1. The van der Waals surface area contributed by atoms with E-state index >= 15 is 0 Å². The van der Waals surface area contributed by atoms with Gasteiger partial charge in [0.15, 0.2) is 0 Å². The van der Waals surface area contributed by atoms with Crippen LogP contribution in [0.2, 0.25) is 0 Å². The Morgan fingerprint density at radius 2 is 2.10 bits per heavy atom. The molecule has 0 saturated carbocycles. The van der Waals surface area contributed by atoms with Crippen molar-refractivity contribution < 1.29 is 9.53 Å². The highest BCUT2D eigenvalue weighted by atomic mass is 16.6. The number of nitrogens with two attached hydrogens (primary N) is 1. The highest BCUT2D eigenvalue weighted by Gasteiger charge is 2.27. The normalized spacial score (nSPS) is 16.8. The van der Waals surface area contributed by atoms with Gasteiger partial charge >= 0.3 is 6.09 Å². The Balaban J connectivity index is 1.83. The number of rotatable bonds is 2. The summed E-state index contributed by atoms with van der Waals surface area (Å²) >= 11 is 0. The summed E-state index contributed by atoms with van der Waals surface area (Å²) in [5.74, 6) is 1.17. The zero-order valence-corrected chi connectivity index (χ0v) is 13.1. The van der Waals surface area contributed by atoms with Gasteiger partial charge in [0, 0.05) is 19.3 Å². The van der Waals surface area contributed by atoms with Gasteiger partial charge in [0.05, 0.1) is 0 Å². The fourth-order valence-electron chi connectivity index (χ4n) is 2.58. The Morgan fingerprint density at radius 1 is 1.43 bits per heavy atom. The molecule has 0 spiro atoms. The standard InChI is InChI=1S/C16H25N3O2/c1-16(2,3)21-15(20)19-9-6-12(7-10-19)11-13-5-4-8-18-14(13)17/h4-5,8,12H,6-7,9-11H2,1-3H3,(H2,17,18). The molecule has 0 atom stereocenters. The molecule has 1 amide bonds. The van der Waals surface area contributed by atoms with Gasteiger partial charge in [-0.1, -0.05) is 6.07 Å². The van der Waals surface area contributed by atoms with Gasteiger partial charge in [0.2, 0.25) is 0 Å². The zero-order valence-electron chi connectivity index (χ0n) is 13.1. The van der Waals surface area contributed by atoms with E-state index in [0.29, 0.717) is 11.7 Å². The Labute approximate surface area is 126 Å². The maximum atomic E-state index is 12.0. The van der Waals surface area contributed by atoms with Gasteiger partial charge in [0.1, 0.15) is 11.4 Å². The zero-order chi connectivity index (χ0) is 15.5. The number of nitrogens with zero attached hydrogens (tertiary/aromatic N) is 2. The second-order valence-electron chi connectivity index (χ2n) is 6.66. The fourth-order valence-corrected chi connectivity index (χ4v) is 2.58. The van der Waals surface area contributed by atoms with Crippen LogP contribution in [0, 0.1) is 5.92 Å². The van der Waals surface area contributed by atoms with Crippen LogP contribution in [0.4, 0.5) is 10.6 Å². The molecule has 2 heterocycles. The third-order valence-electron chi connectivity index (χ3n) is 3.70. The molecule has 5 nitrogen and oxygen atoms in total. The first-order chi connectivity index (χ1) is 9.85. The Kier molecular flexibility index (Phi) is 4.70. The number of piperidine rings is 1. The molecule has 5 heteroatoms. The summed E-state index contributed by atoms with van der Waals surface area (Å²) in [6, 6.07) is 3.95. The number of hydrogen-bond acceptors (Lipinski definition) is 4. The molecule has 1 fully saturated rings. The average molecular weight is 291 g/mol. The highest BCUT2D eigenvalue weighted by Crippen LogP contribution is 2.24. The van der Waals surface area contributed by atoms with Crippen LogP contribution in [0.5, 0.6) is 0 Å². The third kappa shape index (κ3) is 4.62. The summed E-state index contributed by atoms with van der Waals surface area (Å²) in [5.41, 5.74) is 6.56.